The normalized spacial score (nSPS) is 62.2. The molecule has 1 nitrogen and oxygen atoms in total. The Balaban J connectivity index is 1.79. The summed E-state index contributed by atoms with van der Waals surface area (Å²) in [6, 6.07) is 1.72. The molecular weight excluding hydrogens is 146 g/mol. The van der Waals surface area contributed by atoms with Crippen LogP contribution in [0.5, 0.6) is 0 Å². The van der Waals surface area contributed by atoms with E-state index in [0.29, 0.717) is 5.41 Å². The first kappa shape index (κ1) is 5.98. The predicted molar refractivity (Wildman–Crippen MR) is 47.6 cm³/mol. The lowest BCUT2D eigenvalue weighted by molar-refractivity contribution is -0.0553. The first-order valence-electron chi connectivity index (χ1n) is 4.96. The Bertz CT molecular complexity index is 317. The van der Waals surface area contributed by atoms with Gasteiger partial charge in [-0.1, -0.05) is 17.7 Å². The van der Waals surface area contributed by atoms with Gasteiger partial charge in [-0.15, -0.1) is 6.58 Å². The van der Waals surface area contributed by atoms with Crippen molar-refractivity contribution in [3.63, 3.8) is 0 Å². The molecular formula is C11H13N. The van der Waals surface area contributed by atoms with E-state index in [1.807, 2.05) is 0 Å². The lowest BCUT2D eigenvalue weighted by Crippen LogP contribution is -2.72. The molecule has 0 spiro atoms. The highest BCUT2D eigenvalue weighted by Gasteiger charge is 2.74. The average molecular weight is 159 g/mol. The van der Waals surface area contributed by atoms with Crippen LogP contribution in [0.2, 0.25) is 0 Å². The molecule has 12 heavy (non-hydrogen) atoms. The molecule has 1 saturated heterocycles. The zero-order valence-corrected chi connectivity index (χ0v) is 7.09. The molecule has 0 aromatic carbocycles. The van der Waals surface area contributed by atoms with Crippen LogP contribution in [0, 0.1) is 17.3 Å². The molecule has 5 atom stereocenters. The number of allylic oxidation sites excluding steroid dienone is 1. The van der Waals surface area contributed by atoms with Gasteiger partial charge in [0.1, 0.15) is 0 Å². The summed E-state index contributed by atoms with van der Waals surface area (Å²) in [5, 5.41) is 3.66. The number of hydrogen-bond donors (Lipinski definition) is 1. The molecule has 1 N–H and O–H groups in total. The van der Waals surface area contributed by atoms with E-state index in [1.54, 1.807) is 5.57 Å². The Hall–Kier alpha value is -0.560. The van der Waals surface area contributed by atoms with Crippen LogP contribution in [-0.4, -0.2) is 12.1 Å². The standard InChI is InChI=1S/C11H13N/c1-2-3-11-5-8-9(11)10(12-8)6-4-7(6)11/h2,4,6,8-10,12H,1,3,5H2/t6?,8?,9?,10-,11?/m0/s1. The van der Waals surface area contributed by atoms with Crippen molar-refractivity contribution in [3.05, 3.63) is 24.3 Å². The molecule has 0 bridgehead atoms. The molecule has 1 heteroatoms. The second-order valence-corrected chi connectivity index (χ2v) is 4.83. The quantitative estimate of drug-likeness (QED) is 0.602. The van der Waals surface area contributed by atoms with Crippen molar-refractivity contribution in [1.82, 2.24) is 5.32 Å². The predicted octanol–water partition coefficient (Wildman–Crippen LogP) is 1.48. The Morgan fingerprint density at radius 1 is 1.75 bits per heavy atom. The summed E-state index contributed by atoms with van der Waals surface area (Å²) < 4.78 is 0. The van der Waals surface area contributed by atoms with Crippen molar-refractivity contribution < 1.29 is 0 Å². The Morgan fingerprint density at radius 3 is 3.42 bits per heavy atom. The molecule has 4 aliphatic rings. The van der Waals surface area contributed by atoms with Gasteiger partial charge in [0.05, 0.1) is 0 Å². The smallest absolute Gasteiger partial charge is 0.0222 e. The molecule has 3 aliphatic carbocycles. The van der Waals surface area contributed by atoms with E-state index < -0.39 is 0 Å². The highest BCUT2D eigenvalue weighted by Crippen LogP contribution is 2.74. The monoisotopic (exact) mass is 159 g/mol. The lowest BCUT2D eigenvalue weighted by Gasteiger charge is -2.62. The first-order chi connectivity index (χ1) is 5.87. The molecule has 0 radical (unpaired) electrons. The molecule has 3 fully saturated rings. The summed E-state index contributed by atoms with van der Waals surface area (Å²) in [5.74, 6) is 1.87. The maximum Gasteiger partial charge on any atom is 0.0222 e. The zero-order chi connectivity index (χ0) is 7.92. The summed E-state index contributed by atoms with van der Waals surface area (Å²) in [6.45, 7) is 3.88. The molecule has 4 rings (SSSR count). The lowest BCUT2D eigenvalue weighted by atomic mass is 9.51. The van der Waals surface area contributed by atoms with Crippen LogP contribution in [0.15, 0.2) is 24.3 Å². The molecule has 1 heterocycles. The summed E-state index contributed by atoms with van der Waals surface area (Å²) in [4.78, 5) is 0. The van der Waals surface area contributed by atoms with Crippen LogP contribution in [0.25, 0.3) is 0 Å². The number of hydrogen-bond acceptors (Lipinski definition) is 1. The third-order valence-corrected chi connectivity index (χ3v) is 4.53. The van der Waals surface area contributed by atoms with E-state index in [-0.39, 0.29) is 0 Å². The highest BCUT2D eigenvalue weighted by atomic mass is 15.2. The van der Waals surface area contributed by atoms with E-state index in [9.17, 15) is 0 Å². The van der Waals surface area contributed by atoms with Gasteiger partial charge in [0.25, 0.3) is 0 Å². The van der Waals surface area contributed by atoms with Crippen LogP contribution >= 0.6 is 0 Å². The van der Waals surface area contributed by atoms with Crippen LogP contribution < -0.4 is 5.32 Å². The van der Waals surface area contributed by atoms with Gasteiger partial charge in [-0.2, -0.15) is 0 Å². The molecule has 0 aromatic rings. The van der Waals surface area contributed by atoms with E-state index in [2.05, 4.69) is 24.0 Å². The van der Waals surface area contributed by atoms with Crippen molar-refractivity contribution in [1.29, 1.82) is 0 Å². The maximum absolute atomic E-state index is 3.88. The van der Waals surface area contributed by atoms with Crippen molar-refractivity contribution in [3.8, 4) is 0 Å². The van der Waals surface area contributed by atoms with Gasteiger partial charge in [-0.3, -0.25) is 0 Å². The van der Waals surface area contributed by atoms with Crippen molar-refractivity contribution in [2.45, 2.75) is 24.9 Å². The number of rotatable bonds is 2. The fourth-order valence-electron chi connectivity index (χ4n) is 4.04. The van der Waals surface area contributed by atoms with E-state index in [1.165, 1.54) is 12.8 Å². The molecule has 2 saturated carbocycles. The molecule has 1 aliphatic heterocycles. The highest BCUT2D eigenvalue weighted by molar-refractivity contribution is 5.52. The number of piperidine rings is 1. The van der Waals surface area contributed by atoms with Crippen LogP contribution in [-0.2, 0) is 0 Å². The minimum Gasteiger partial charge on any atom is -0.310 e. The fraction of sp³-hybridized carbons (Fsp3) is 0.636. The summed E-state index contributed by atoms with van der Waals surface area (Å²) >= 11 is 0. The van der Waals surface area contributed by atoms with Crippen molar-refractivity contribution in [2.24, 2.45) is 17.3 Å². The SMILES string of the molecule is C=CCC12CC3N[C@@H](C4C=C41)C32. The fourth-order valence-corrected chi connectivity index (χ4v) is 4.04. The molecule has 62 valence electrons. The number of nitrogens with one attached hydrogen (secondary N) is 1. The van der Waals surface area contributed by atoms with Gasteiger partial charge in [-0.25, -0.2) is 0 Å². The van der Waals surface area contributed by atoms with Gasteiger partial charge >= 0.3 is 0 Å². The molecule has 0 aromatic heterocycles. The maximum atomic E-state index is 3.88. The Morgan fingerprint density at radius 2 is 2.67 bits per heavy atom. The zero-order valence-electron chi connectivity index (χ0n) is 7.09. The molecule has 0 amide bonds. The summed E-state index contributed by atoms with van der Waals surface area (Å²) in [7, 11) is 0. The third-order valence-electron chi connectivity index (χ3n) is 4.53. The first-order valence-corrected chi connectivity index (χ1v) is 4.96. The summed E-state index contributed by atoms with van der Waals surface area (Å²) in [5.41, 5.74) is 2.39. The Kier molecular flexibility index (Phi) is 0.716. The van der Waals surface area contributed by atoms with E-state index in [0.717, 1.165) is 23.9 Å². The van der Waals surface area contributed by atoms with Crippen LogP contribution in [0.4, 0.5) is 0 Å². The van der Waals surface area contributed by atoms with Gasteiger partial charge in [0.2, 0.25) is 0 Å². The van der Waals surface area contributed by atoms with E-state index >= 15 is 0 Å². The number of fused-ring (bicyclic) bond motifs is 3. The second kappa shape index (κ2) is 1.44. The molecule has 4 unspecified atom stereocenters. The van der Waals surface area contributed by atoms with E-state index in [4.69, 9.17) is 0 Å². The van der Waals surface area contributed by atoms with Crippen molar-refractivity contribution in [2.75, 3.05) is 0 Å². The minimum absolute atomic E-state index is 0.618. The Labute approximate surface area is 72.5 Å². The van der Waals surface area contributed by atoms with Crippen LogP contribution in [0.1, 0.15) is 12.8 Å². The third kappa shape index (κ3) is 0.373. The minimum atomic E-state index is 0.618. The van der Waals surface area contributed by atoms with Gasteiger partial charge in [0, 0.05) is 29.3 Å². The summed E-state index contributed by atoms with van der Waals surface area (Å²) in [6.07, 6.45) is 7.22. The second-order valence-electron chi connectivity index (χ2n) is 4.83. The topological polar surface area (TPSA) is 12.0 Å². The van der Waals surface area contributed by atoms with Gasteiger partial charge in [0.15, 0.2) is 0 Å². The largest absolute Gasteiger partial charge is 0.310 e. The average Bonchev–Trinajstić information content (AvgIpc) is 2.72. The van der Waals surface area contributed by atoms with Crippen LogP contribution in [0.3, 0.4) is 0 Å². The van der Waals surface area contributed by atoms with Gasteiger partial charge in [-0.05, 0) is 12.8 Å². The van der Waals surface area contributed by atoms with Gasteiger partial charge < -0.3 is 5.32 Å². The van der Waals surface area contributed by atoms with Crippen molar-refractivity contribution >= 4 is 0 Å².